The number of thiazole rings is 1. The number of nitrogens with zero attached hydrogens (tertiary/aromatic N) is 3. The smallest absolute Gasteiger partial charge is 0.220 e. The Morgan fingerprint density at radius 2 is 2.18 bits per heavy atom. The zero-order valence-corrected chi connectivity index (χ0v) is 13.9. The van der Waals surface area contributed by atoms with Crippen LogP contribution in [0.5, 0.6) is 0 Å². The van der Waals surface area contributed by atoms with Gasteiger partial charge in [-0.1, -0.05) is 6.07 Å². The fourth-order valence-electron chi connectivity index (χ4n) is 1.99. The minimum Gasteiger partial charge on any atom is -0.356 e. The Bertz CT molecular complexity index is 583. The van der Waals surface area contributed by atoms with Crippen molar-refractivity contribution in [2.45, 2.75) is 19.3 Å². The molecular formula is C16H22N4OS. The quantitative estimate of drug-likeness (QED) is 0.758. The number of rotatable bonds is 8. The maximum absolute atomic E-state index is 11.8. The highest BCUT2D eigenvalue weighted by Gasteiger charge is 2.07. The molecule has 1 amide bonds. The van der Waals surface area contributed by atoms with Crippen molar-refractivity contribution in [2.75, 3.05) is 27.2 Å². The molecular weight excluding hydrogens is 296 g/mol. The Kier molecular flexibility index (Phi) is 6.48. The molecule has 0 aromatic carbocycles. The summed E-state index contributed by atoms with van der Waals surface area (Å²) in [5.74, 6) is 0.0911. The number of aryl methyl sites for hydroxylation is 1. The van der Waals surface area contributed by atoms with Crippen LogP contribution in [0.3, 0.4) is 0 Å². The first-order valence-corrected chi connectivity index (χ1v) is 8.30. The van der Waals surface area contributed by atoms with Crippen LogP contribution < -0.4 is 5.32 Å². The molecule has 0 aliphatic rings. The number of aromatic nitrogens is 2. The molecule has 2 rings (SSSR count). The van der Waals surface area contributed by atoms with Crippen LogP contribution in [0.15, 0.2) is 29.8 Å². The number of carbonyl (C=O) groups is 1. The third-order valence-corrected chi connectivity index (χ3v) is 4.06. The van der Waals surface area contributed by atoms with Gasteiger partial charge in [-0.2, -0.15) is 0 Å². The van der Waals surface area contributed by atoms with Gasteiger partial charge in [0.25, 0.3) is 0 Å². The molecule has 1 N–H and O–H groups in total. The van der Waals surface area contributed by atoms with Crippen LogP contribution in [-0.2, 0) is 11.2 Å². The van der Waals surface area contributed by atoms with Crippen LogP contribution in [0.25, 0.3) is 11.4 Å². The first kappa shape index (κ1) is 16.6. The summed E-state index contributed by atoms with van der Waals surface area (Å²) in [5, 5.41) is 5.91. The van der Waals surface area contributed by atoms with Gasteiger partial charge >= 0.3 is 0 Å². The summed E-state index contributed by atoms with van der Waals surface area (Å²) in [4.78, 5) is 22.7. The van der Waals surface area contributed by atoms with Gasteiger partial charge in [-0.15, -0.1) is 11.3 Å². The van der Waals surface area contributed by atoms with E-state index >= 15 is 0 Å². The minimum atomic E-state index is 0.0911. The van der Waals surface area contributed by atoms with Gasteiger partial charge in [0.2, 0.25) is 5.91 Å². The normalized spacial score (nSPS) is 10.9. The molecule has 2 heterocycles. The van der Waals surface area contributed by atoms with E-state index in [1.807, 2.05) is 37.7 Å². The summed E-state index contributed by atoms with van der Waals surface area (Å²) in [7, 11) is 4.06. The van der Waals surface area contributed by atoms with E-state index in [1.54, 1.807) is 17.5 Å². The van der Waals surface area contributed by atoms with Crippen LogP contribution in [0.2, 0.25) is 0 Å². The summed E-state index contributed by atoms with van der Waals surface area (Å²) in [6.07, 6.45) is 3.89. The number of carbonyl (C=O) groups excluding carboxylic acids is 1. The van der Waals surface area contributed by atoms with Crippen molar-refractivity contribution in [3.63, 3.8) is 0 Å². The standard InChI is InChI=1S/C16H22N4OS/c1-20(2)11-5-10-18-15(21)7-8-16-19-14(12-22-16)13-6-3-4-9-17-13/h3-4,6,9,12H,5,7-8,10-11H2,1-2H3,(H,18,21). The zero-order chi connectivity index (χ0) is 15.8. The van der Waals surface area contributed by atoms with Crippen LogP contribution in [-0.4, -0.2) is 48.0 Å². The van der Waals surface area contributed by atoms with Gasteiger partial charge in [0, 0.05) is 31.0 Å². The highest BCUT2D eigenvalue weighted by atomic mass is 32.1. The van der Waals surface area contributed by atoms with Crippen molar-refractivity contribution in [1.29, 1.82) is 0 Å². The number of hydrogen-bond donors (Lipinski definition) is 1. The van der Waals surface area contributed by atoms with E-state index in [0.29, 0.717) is 12.8 Å². The Hall–Kier alpha value is -1.79. The molecule has 0 spiro atoms. The van der Waals surface area contributed by atoms with Gasteiger partial charge in [-0.25, -0.2) is 4.98 Å². The number of nitrogens with one attached hydrogen (secondary N) is 1. The predicted molar refractivity (Wildman–Crippen MR) is 89.8 cm³/mol. The van der Waals surface area contributed by atoms with Gasteiger partial charge in [-0.3, -0.25) is 9.78 Å². The molecule has 0 saturated carbocycles. The highest BCUT2D eigenvalue weighted by Crippen LogP contribution is 2.20. The Morgan fingerprint density at radius 1 is 1.32 bits per heavy atom. The summed E-state index contributed by atoms with van der Waals surface area (Å²) < 4.78 is 0. The van der Waals surface area contributed by atoms with Gasteiger partial charge in [0.05, 0.1) is 16.4 Å². The van der Waals surface area contributed by atoms with E-state index < -0.39 is 0 Å². The van der Waals surface area contributed by atoms with Gasteiger partial charge < -0.3 is 10.2 Å². The second kappa shape index (κ2) is 8.60. The molecule has 0 fully saturated rings. The Labute approximate surface area is 135 Å². The lowest BCUT2D eigenvalue weighted by Crippen LogP contribution is -2.27. The van der Waals surface area contributed by atoms with Crippen molar-refractivity contribution in [1.82, 2.24) is 20.2 Å². The maximum atomic E-state index is 11.8. The molecule has 0 radical (unpaired) electrons. The summed E-state index contributed by atoms with van der Waals surface area (Å²) in [6, 6.07) is 5.77. The van der Waals surface area contributed by atoms with Crippen molar-refractivity contribution in [3.8, 4) is 11.4 Å². The molecule has 22 heavy (non-hydrogen) atoms. The monoisotopic (exact) mass is 318 g/mol. The van der Waals surface area contributed by atoms with Crippen LogP contribution in [0.4, 0.5) is 0 Å². The van der Waals surface area contributed by atoms with Crippen molar-refractivity contribution in [2.24, 2.45) is 0 Å². The third kappa shape index (κ3) is 5.54. The summed E-state index contributed by atoms with van der Waals surface area (Å²) >= 11 is 1.58. The molecule has 6 heteroatoms. The lowest BCUT2D eigenvalue weighted by atomic mass is 10.3. The van der Waals surface area contributed by atoms with E-state index in [-0.39, 0.29) is 5.91 Å². The molecule has 0 atom stereocenters. The molecule has 0 aliphatic carbocycles. The summed E-state index contributed by atoms with van der Waals surface area (Å²) in [5.41, 5.74) is 1.75. The van der Waals surface area contributed by atoms with Crippen molar-refractivity contribution in [3.05, 3.63) is 34.8 Å². The number of amides is 1. The van der Waals surface area contributed by atoms with E-state index in [9.17, 15) is 4.79 Å². The molecule has 0 bridgehead atoms. The fraction of sp³-hybridized carbons (Fsp3) is 0.438. The van der Waals surface area contributed by atoms with Crippen LogP contribution in [0, 0.1) is 0 Å². The van der Waals surface area contributed by atoms with Gasteiger partial charge in [-0.05, 0) is 39.2 Å². The second-order valence-corrected chi connectivity index (χ2v) is 6.29. The number of hydrogen-bond acceptors (Lipinski definition) is 5. The van der Waals surface area contributed by atoms with Crippen LogP contribution >= 0.6 is 11.3 Å². The lowest BCUT2D eigenvalue weighted by Gasteiger charge is -2.09. The highest BCUT2D eigenvalue weighted by molar-refractivity contribution is 7.09. The zero-order valence-electron chi connectivity index (χ0n) is 13.1. The van der Waals surface area contributed by atoms with Gasteiger partial charge in [0.15, 0.2) is 0 Å². The van der Waals surface area contributed by atoms with Gasteiger partial charge in [0.1, 0.15) is 0 Å². The molecule has 0 unspecified atom stereocenters. The summed E-state index contributed by atoms with van der Waals surface area (Å²) in [6.45, 7) is 1.72. The Balaban J connectivity index is 1.73. The van der Waals surface area contributed by atoms with Crippen molar-refractivity contribution < 1.29 is 4.79 Å². The van der Waals surface area contributed by atoms with E-state index in [2.05, 4.69) is 20.2 Å². The predicted octanol–water partition coefficient (Wildman–Crippen LogP) is 2.21. The SMILES string of the molecule is CN(C)CCCNC(=O)CCc1nc(-c2ccccn2)cs1. The maximum Gasteiger partial charge on any atom is 0.220 e. The molecule has 0 aliphatic heterocycles. The molecule has 2 aromatic rings. The van der Waals surface area contributed by atoms with E-state index in [4.69, 9.17) is 0 Å². The van der Waals surface area contributed by atoms with E-state index in [1.165, 1.54) is 0 Å². The lowest BCUT2D eigenvalue weighted by molar-refractivity contribution is -0.121. The van der Waals surface area contributed by atoms with E-state index in [0.717, 1.165) is 35.9 Å². The minimum absolute atomic E-state index is 0.0911. The molecule has 0 saturated heterocycles. The van der Waals surface area contributed by atoms with Crippen LogP contribution in [0.1, 0.15) is 17.8 Å². The Morgan fingerprint density at radius 3 is 2.91 bits per heavy atom. The molecule has 118 valence electrons. The second-order valence-electron chi connectivity index (χ2n) is 5.35. The van der Waals surface area contributed by atoms with Crippen molar-refractivity contribution >= 4 is 17.2 Å². The third-order valence-electron chi connectivity index (χ3n) is 3.15. The fourth-order valence-corrected chi connectivity index (χ4v) is 2.78. The molecule has 2 aromatic heterocycles. The average molecular weight is 318 g/mol. The topological polar surface area (TPSA) is 58.1 Å². The first-order valence-electron chi connectivity index (χ1n) is 7.42. The first-order chi connectivity index (χ1) is 10.6. The molecule has 5 nitrogen and oxygen atoms in total. The number of pyridine rings is 1. The average Bonchev–Trinajstić information content (AvgIpc) is 2.99. The largest absolute Gasteiger partial charge is 0.356 e.